The number of thioether (sulfide) groups is 1. The molecule has 4 unspecified atom stereocenters. The molecule has 13 heteroatoms. The van der Waals surface area contributed by atoms with E-state index in [0.717, 1.165) is 52.7 Å². The maximum Gasteiger partial charge on any atom is 0.416 e. The number of aromatic amines is 1. The monoisotopic (exact) mass is 724 g/mol. The number of amides is 3. The van der Waals surface area contributed by atoms with Crippen LogP contribution >= 0.6 is 35.0 Å². The molecule has 7 rings (SSSR count). The van der Waals surface area contributed by atoms with Gasteiger partial charge in [0.15, 0.2) is 0 Å². The Balaban J connectivity index is 0.00000432. The Kier molecular flexibility index (Phi) is 10.1. The summed E-state index contributed by atoms with van der Waals surface area (Å²) in [6.45, 7) is 0.813. The van der Waals surface area contributed by atoms with Crippen LogP contribution in [0.15, 0.2) is 66.7 Å². The third kappa shape index (κ3) is 7.59. The van der Waals surface area contributed by atoms with Gasteiger partial charge in [-0.25, -0.2) is 9.59 Å². The second-order valence-electron chi connectivity index (χ2n) is 12.4. The van der Waals surface area contributed by atoms with E-state index in [0.29, 0.717) is 46.2 Å². The lowest BCUT2D eigenvalue weighted by molar-refractivity contribution is -0.144. The smallest absolute Gasteiger partial charge is 0.416 e. The van der Waals surface area contributed by atoms with Gasteiger partial charge in [-0.1, -0.05) is 41.8 Å². The molecule has 4 heterocycles. The normalized spacial score (nSPS) is 21.1. The maximum absolute atomic E-state index is 13.6. The number of rotatable bonds is 11. The van der Waals surface area contributed by atoms with E-state index in [-0.39, 0.29) is 38.7 Å². The highest BCUT2D eigenvalue weighted by Gasteiger charge is 2.42. The van der Waals surface area contributed by atoms with Gasteiger partial charge in [-0.3, -0.25) is 9.69 Å². The number of halogens is 2. The summed E-state index contributed by atoms with van der Waals surface area (Å²) in [4.78, 5) is 42.7. The SMILES string of the molecule is O=C1NC2CSC(CCCCC(=O)OCCOc3ccc(C4c5[nH]c6ccc(Cl)cc6c5CCN4C(=O)Oc4ccc(Cl)cc4)cc3)C2N1.[HH]. The van der Waals surface area contributed by atoms with Crippen LogP contribution in [0, 0.1) is 0 Å². The van der Waals surface area contributed by atoms with Crippen molar-refractivity contribution in [2.24, 2.45) is 0 Å². The first kappa shape index (κ1) is 33.4. The standard InChI is InChI=1S/C36H36Cl2N4O6S.H2/c37-22-7-12-25(13-8-22)48-36(45)42-16-15-26-27-19-23(38)9-14-28(27)39-32(26)34(42)21-5-10-24(11-6-21)46-17-18-47-31(43)4-2-1-3-30-33-29(20-49-30)40-35(44)41-33;/h5-14,19,29-30,33-34,39H,1-4,15-18,20H2,(H2,40,41,44);1H. The minimum absolute atomic E-state index is 0. The average Bonchev–Trinajstić information content (AvgIpc) is 3.78. The van der Waals surface area contributed by atoms with E-state index in [1.807, 2.05) is 54.2 Å². The molecule has 49 heavy (non-hydrogen) atoms. The van der Waals surface area contributed by atoms with Crippen LogP contribution < -0.4 is 20.1 Å². The first-order valence-corrected chi connectivity index (χ1v) is 18.2. The molecule has 4 aromatic rings. The number of hydrogen-bond acceptors (Lipinski definition) is 7. The van der Waals surface area contributed by atoms with Crippen LogP contribution in [0.25, 0.3) is 10.9 Å². The van der Waals surface area contributed by atoms with Crippen molar-refractivity contribution in [1.29, 1.82) is 0 Å². The molecule has 3 amide bonds. The highest BCUT2D eigenvalue weighted by molar-refractivity contribution is 8.00. The predicted molar refractivity (Wildman–Crippen MR) is 192 cm³/mol. The molecule has 0 radical (unpaired) electrons. The van der Waals surface area contributed by atoms with Gasteiger partial charge in [0.2, 0.25) is 0 Å². The molecule has 0 bridgehead atoms. The Hall–Kier alpha value is -4.06. The molecule has 4 atom stereocenters. The van der Waals surface area contributed by atoms with Crippen LogP contribution in [-0.4, -0.2) is 70.8 Å². The van der Waals surface area contributed by atoms with Gasteiger partial charge in [0.05, 0.1) is 12.1 Å². The number of H-pyrrole nitrogens is 1. The van der Waals surface area contributed by atoms with E-state index in [9.17, 15) is 14.4 Å². The molecule has 0 aliphatic carbocycles. The number of fused-ring (bicyclic) bond motifs is 4. The fourth-order valence-corrected chi connectivity index (χ4v) is 8.70. The molecule has 2 saturated heterocycles. The highest BCUT2D eigenvalue weighted by Crippen LogP contribution is 2.40. The highest BCUT2D eigenvalue weighted by atomic mass is 35.5. The quantitative estimate of drug-likeness (QED) is 0.0831. The molecule has 2 fully saturated rings. The van der Waals surface area contributed by atoms with Gasteiger partial charge >= 0.3 is 18.1 Å². The number of nitrogens with zero attached hydrogens (tertiary/aromatic N) is 1. The minimum atomic E-state index is -0.470. The van der Waals surface area contributed by atoms with E-state index < -0.39 is 12.1 Å². The van der Waals surface area contributed by atoms with Crippen LogP contribution in [-0.2, 0) is 16.0 Å². The second kappa shape index (κ2) is 14.8. The summed E-state index contributed by atoms with van der Waals surface area (Å²) in [6.07, 6.45) is 3.12. The molecule has 3 aliphatic heterocycles. The number of benzene rings is 3. The summed E-state index contributed by atoms with van der Waals surface area (Å²) in [7, 11) is 0. The fourth-order valence-electron chi connectivity index (χ4n) is 6.86. The van der Waals surface area contributed by atoms with E-state index in [4.69, 9.17) is 37.4 Å². The van der Waals surface area contributed by atoms with E-state index in [1.54, 1.807) is 29.2 Å². The number of hydrogen-bond donors (Lipinski definition) is 3. The summed E-state index contributed by atoms with van der Waals surface area (Å²) in [5.41, 5.74) is 3.85. The van der Waals surface area contributed by atoms with Gasteiger partial charge < -0.3 is 29.8 Å². The Labute approximate surface area is 299 Å². The third-order valence-electron chi connectivity index (χ3n) is 9.21. The van der Waals surface area contributed by atoms with Crippen molar-refractivity contribution < 1.29 is 30.0 Å². The van der Waals surface area contributed by atoms with Crippen molar-refractivity contribution in [2.75, 3.05) is 25.5 Å². The number of aromatic nitrogens is 1. The van der Waals surface area contributed by atoms with E-state index in [1.165, 1.54) is 0 Å². The van der Waals surface area contributed by atoms with Crippen LogP contribution in [0.4, 0.5) is 9.59 Å². The van der Waals surface area contributed by atoms with Gasteiger partial charge in [-0.15, -0.1) is 0 Å². The Morgan fingerprint density at radius 3 is 2.53 bits per heavy atom. The van der Waals surface area contributed by atoms with Crippen molar-refractivity contribution in [2.45, 2.75) is 55.5 Å². The lowest BCUT2D eigenvalue weighted by Gasteiger charge is -2.35. The summed E-state index contributed by atoms with van der Waals surface area (Å²) >= 11 is 14.2. The van der Waals surface area contributed by atoms with Crippen LogP contribution in [0.1, 0.15) is 50.0 Å². The Bertz CT molecular complexity index is 1840. The zero-order chi connectivity index (χ0) is 33.9. The molecular formula is C36H38Cl2N4O6S. The average molecular weight is 726 g/mol. The van der Waals surface area contributed by atoms with Crippen molar-refractivity contribution >= 4 is 64.0 Å². The molecule has 1 aromatic heterocycles. The third-order valence-corrected chi connectivity index (χ3v) is 11.2. The van der Waals surface area contributed by atoms with Crippen molar-refractivity contribution in [3.8, 4) is 11.5 Å². The summed E-state index contributed by atoms with van der Waals surface area (Å²) in [5, 5.41) is 8.58. The molecular weight excluding hydrogens is 687 g/mol. The first-order chi connectivity index (χ1) is 23.8. The molecule has 3 N–H and O–H groups in total. The zero-order valence-corrected chi connectivity index (χ0v) is 28.9. The molecule has 10 nitrogen and oxygen atoms in total. The number of urea groups is 1. The minimum Gasteiger partial charge on any atom is -0.490 e. The van der Waals surface area contributed by atoms with Gasteiger partial charge in [0.1, 0.15) is 30.8 Å². The van der Waals surface area contributed by atoms with Crippen LogP contribution in [0.3, 0.4) is 0 Å². The second-order valence-corrected chi connectivity index (χ2v) is 14.5. The number of unbranched alkanes of at least 4 members (excludes halogenated alkanes) is 1. The zero-order valence-electron chi connectivity index (χ0n) is 26.6. The number of carbonyl (C=O) groups excluding carboxylic acids is 3. The fraction of sp³-hybridized carbons (Fsp3) is 0.361. The molecule has 0 spiro atoms. The maximum atomic E-state index is 13.6. The Morgan fingerprint density at radius 1 is 0.939 bits per heavy atom. The lowest BCUT2D eigenvalue weighted by Crippen LogP contribution is -2.42. The summed E-state index contributed by atoms with van der Waals surface area (Å²) in [6, 6.07) is 19.9. The number of carbonyl (C=O) groups is 3. The van der Waals surface area contributed by atoms with Crippen molar-refractivity contribution in [3.63, 3.8) is 0 Å². The molecule has 3 aromatic carbocycles. The van der Waals surface area contributed by atoms with Crippen molar-refractivity contribution in [1.82, 2.24) is 20.5 Å². The first-order valence-electron chi connectivity index (χ1n) is 16.4. The van der Waals surface area contributed by atoms with Crippen molar-refractivity contribution in [3.05, 3.63) is 93.6 Å². The van der Waals surface area contributed by atoms with E-state index in [2.05, 4.69) is 15.6 Å². The Morgan fingerprint density at radius 2 is 1.71 bits per heavy atom. The summed E-state index contributed by atoms with van der Waals surface area (Å²) in [5.74, 6) is 1.71. The molecule has 0 saturated carbocycles. The largest absolute Gasteiger partial charge is 0.490 e. The van der Waals surface area contributed by atoms with Gasteiger partial charge in [0, 0.05) is 52.0 Å². The number of nitrogens with one attached hydrogen (secondary N) is 3. The topological polar surface area (TPSA) is 122 Å². The molecule has 258 valence electrons. The molecule has 3 aliphatic rings. The van der Waals surface area contributed by atoms with Gasteiger partial charge in [0.25, 0.3) is 0 Å². The number of ether oxygens (including phenoxy) is 3. The number of esters is 1. The van der Waals surface area contributed by atoms with E-state index >= 15 is 0 Å². The van der Waals surface area contributed by atoms with Gasteiger partial charge in [-0.05, 0) is 85.0 Å². The lowest BCUT2D eigenvalue weighted by atomic mass is 9.92. The van der Waals surface area contributed by atoms with Crippen LogP contribution in [0.2, 0.25) is 10.0 Å². The predicted octanol–water partition coefficient (Wildman–Crippen LogP) is 7.52. The van der Waals surface area contributed by atoms with Crippen LogP contribution in [0.5, 0.6) is 11.5 Å². The van der Waals surface area contributed by atoms with Gasteiger partial charge in [-0.2, -0.15) is 11.8 Å². The summed E-state index contributed by atoms with van der Waals surface area (Å²) < 4.78 is 17.0.